The lowest BCUT2D eigenvalue weighted by molar-refractivity contribution is -0.116. The maximum atomic E-state index is 12.2. The Morgan fingerprint density at radius 1 is 1.32 bits per heavy atom. The number of hydrogen-bond donors (Lipinski definition) is 2. The lowest BCUT2D eigenvalue weighted by Gasteiger charge is -2.22. The zero-order chi connectivity index (χ0) is 15.5. The first-order valence-corrected chi connectivity index (χ1v) is 7.75. The number of fused-ring (bicyclic) bond motifs is 1. The number of nitrogens with one attached hydrogen (secondary N) is 2. The van der Waals surface area contributed by atoms with Gasteiger partial charge >= 0.3 is 0 Å². The Morgan fingerprint density at radius 2 is 2.14 bits per heavy atom. The molecule has 0 saturated carbocycles. The van der Waals surface area contributed by atoms with Crippen molar-refractivity contribution in [1.82, 2.24) is 5.16 Å². The minimum atomic E-state index is -0.348. The molecule has 0 fully saturated rings. The third-order valence-corrected chi connectivity index (χ3v) is 4.04. The lowest BCUT2D eigenvalue weighted by Crippen LogP contribution is -2.32. The first-order valence-electron chi connectivity index (χ1n) is 7.75. The summed E-state index contributed by atoms with van der Waals surface area (Å²) in [5.41, 5.74) is 4.56. The van der Waals surface area contributed by atoms with Crippen LogP contribution in [0.15, 0.2) is 28.8 Å². The Balaban J connectivity index is 1.68. The molecule has 1 atom stereocenters. The van der Waals surface area contributed by atoms with Gasteiger partial charge < -0.3 is 9.84 Å². The molecule has 1 unspecified atom stereocenters. The SMILES string of the molecule is Cc1cc(NC(=O)C(C)Nc2cccc3c2CCCC3)on1. The van der Waals surface area contributed by atoms with Gasteiger partial charge in [0.1, 0.15) is 6.04 Å². The van der Waals surface area contributed by atoms with Crippen LogP contribution in [0.1, 0.15) is 36.6 Å². The number of anilines is 2. The topological polar surface area (TPSA) is 67.2 Å². The van der Waals surface area contributed by atoms with Gasteiger partial charge in [0, 0.05) is 11.8 Å². The van der Waals surface area contributed by atoms with Crippen molar-refractivity contribution in [3.63, 3.8) is 0 Å². The van der Waals surface area contributed by atoms with Crippen LogP contribution >= 0.6 is 0 Å². The minimum Gasteiger partial charge on any atom is -0.374 e. The van der Waals surface area contributed by atoms with Crippen molar-refractivity contribution in [2.75, 3.05) is 10.6 Å². The fourth-order valence-corrected chi connectivity index (χ4v) is 2.87. The third-order valence-electron chi connectivity index (χ3n) is 4.04. The molecule has 2 N–H and O–H groups in total. The van der Waals surface area contributed by atoms with E-state index in [1.165, 1.54) is 24.0 Å². The van der Waals surface area contributed by atoms with E-state index >= 15 is 0 Å². The molecule has 0 radical (unpaired) electrons. The molecular formula is C17H21N3O2. The van der Waals surface area contributed by atoms with Crippen LogP contribution in [-0.2, 0) is 17.6 Å². The van der Waals surface area contributed by atoms with Gasteiger partial charge in [-0.3, -0.25) is 10.1 Å². The molecule has 1 aromatic carbocycles. The molecule has 3 rings (SSSR count). The lowest BCUT2D eigenvalue weighted by atomic mass is 9.90. The summed E-state index contributed by atoms with van der Waals surface area (Å²) in [7, 11) is 0. The van der Waals surface area contributed by atoms with Gasteiger partial charge in [-0.2, -0.15) is 0 Å². The number of rotatable bonds is 4. The van der Waals surface area contributed by atoms with Crippen molar-refractivity contribution in [1.29, 1.82) is 0 Å². The maximum absolute atomic E-state index is 12.2. The molecule has 2 aromatic rings. The zero-order valence-electron chi connectivity index (χ0n) is 13.0. The Morgan fingerprint density at radius 3 is 2.91 bits per heavy atom. The van der Waals surface area contributed by atoms with Crippen LogP contribution in [0.2, 0.25) is 0 Å². The number of carbonyl (C=O) groups excluding carboxylic acids is 1. The van der Waals surface area contributed by atoms with E-state index in [0.29, 0.717) is 5.88 Å². The standard InChI is InChI=1S/C17H21N3O2/c1-11-10-16(22-20-11)19-17(21)12(2)18-15-9-5-7-13-6-3-4-8-14(13)15/h5,7,9-10,12,18H,3-4,6,8H2,1-2H3,(H,19,21). The van der Waals surface area contributed by atoms with Crippen LogP contribution in [0.3, 0.4) is 0 Å². The van der Waals surface area contributed by atoms with E-state index in [9.17, 15) is 4.79 Å². The molecule has 1 aliphatic carbocycles. The Labute approximate surface area is 130 Å². The third kappa shape index (κ3) is 3.13. The normalized spacial score (nSPS) is 15.0. The van der Waals surface area contributed by atoms with Crippen molar-refractivity contribution in [3.05, 3.63) is 41.1 Å². The van der Waals surface area contributed by atoms with Crippen molar-refractivity contribution in [2.24, 2.45) is 0 Å². The van der Waals surface area contributed by atoms with Gasteiger partial charge in [0.25, 0.3) is 0 Å². The monoisotopic (exact) mass is 299 g/mol. The van der Waals surface area contributed by atoms with Crippen LogP contribution in [0, 0.1) is 6.92 Å². The molecule has 0 saturated heterocycles. The van der Waals surface area contributed by atoms with Gasteiger partial charge in [0.05, 0.1) is 5.69 Å². The molecule has 0 aliphatic heterocycles. The summed E-state index contributed by atoms with van der Waals surface area (Å²) in [4.78, 5) is 12.2. The predicted octanol–water partition coefficient (Wildman–Crippen LogP) is 3.30. The smallest absolute Gasteiger partial charge is 0.248 e. The van der Waals surface area contributed by atoms with Crippen molar-refractivity contribution in [3.8, 4) is 0 Å². The molecule has 5 heteroatoms. The van der Waals surface area contributed by atoms with Gasteiger partial charge in [-0.1, -0.05) is 17.3 Å². The van der Waals surface area contributed by atoms with Crippen molar-refractivity contribution < 1.29 is 9.32 Å². The molecule has 1 amide bonds. The number of nitrogens with zero attached hydrogens (tertiary/aromatic N) is 1. The molecule has 0 bridgehead atoms. The summed E-state index contributed by atoms with van der Waals surface area (Å²) in [5, 5.41) is 9.82. The van der Waals surface area contributed by atoms with E-state index in [2.05, 4.69) is 27.9 Å². The summed E-state index contributed by atoms with van der Waals surface area (Å²) in [5.74, 6) is 0.246. The number of benzene rings is 1. The van der Waals surface area contributed by atoms with Crippen LogP contribution in [0.5, 0.6) is 0 Å². The molecule has 1 aromatic heterocycles. The molecular weight excluding hydrogens is 278 g/mol. The fourth-order valence-electron chi connectivity index (χ4n) is 2.87. The van der Waals surface area contributed by atoms with E-state index in [1.54, 1.807) is 6.07 Å². The minimum absolute atomic E-state index is 0.135. The Kier molecular flexibility index (Phi) is 4.13. The molecule has 1 heterocycles. The number of amides is 1. The largest absolute Gasteiger partial charge is 0.374 e. The highest BCUT2D eigenvalue weighted by Crippen LogP contribution is 2.28. The molecule has 22 heavy (non-hydrogen) atoms. The summed E-state index contributed by atoms with van der Waals surface area (Å²) >= 11 is 0. The Hall–Kier alpha value is -2.30. The maximum Gasteiger partial charge on any atom is 0.248 e. The number of hydrogen-bond acceptors (Lipinski definition) is 4. The quantitative estimate of drug-likeness (QED) is 0.909. The van der Waals surface area contributed by atoms with Gasteiger partial charge in [-0.05, 0) is 56.7 Å². The number of aryl methyl sites for hydroxylation is 2. The van der Waals surface area contributed by atoms with E-state index in [1.807, 2.05) is 19.9 Å². The van der Waals surface area contributed by atoms with E-state index < -0.39 is 0 Å². The van der Waals surface area contributed by atoms with E-state index in [0.717, 1.165) is 24.2 Å². The average Bonchev–Trinajstić information content (AvgIpc) is 2.92. The molecule has 1 aliphatic rings. The molecule has 116 valence electrons. The number of aromatic nitrogens is 1. The van der Waals surface area contributed by atoms with Crippen molar-refractivity contribution in [2.45, 2.75) is 45.6 Å². The van der Waals surface area contributed by atoms with Crippen LogP contribution in [-0.4, -0.2) is 17.1 Å². The predicted molar refractivity (Wildman–Crippen MR) is 86.0 cm³/mol. The second-order valence-corrected chi connectivity index (χ2v) is 5.84. The van der Waals surface area contributed by atoms with Crippen LogP contribution < -0.4 is 10.6 Å². The van der Waals surface area contributed by atoms with Crippen molar-refractivity contribution >= 4 is 17.5 Å². The zero-order valence-corrected chi connectivity index (χ0v) is 13.0. The highest BCUT2D eigenvalue weighted by atomic mass is 16.5. The molecule has 5 nitrogen and oxygen atoms in total. The van der Waals surface area contributed by atoms with Gasteiger partial charge in [-0.15, -0.1) is 0 Å². The molecule has 0 spiro atoms. The second-order valence-electron chi connectivity index (χ2n) is 5.84. The van der Waals surface area contributed by atoms with E-state index in [-0.39, 0.29) is 11.9 Å². The summed E-state index contributed by atoms with van der Waals surface area (Å²) in [6.45, 7) is 3.66. The van der Waals surface area contributed by atoms with Gasteiger partial charge in [0.2, 0.25) is 11.8 Å². The summed E-state index contributed by atoms with van der Waals surface area (Å²) in [6, 6.07) is 7.64. The Bertz CT molecular complexity index is 678. The van der Waals surface area contributed by atoms with Gasteiger partial charge in [-0.25, -0.2) is 0 Å². The summed E-state index contributed by atoms with van der Waals surface area (Å²) < 4.78 is 5.02. The number of carbonyl (C=O) groups is 1. The fraction of sp³-hybridized carbons (Fsp3) is 0.412. The van der Waals surface area contributed by atoms with Crippen LogP contribution in [0.25, 0.3) is 0 Å². The van der Waals surface area contributed by atoms with Crippen LogP contribution in [0.4, 0.5) is 11.6 Å². The summed E-state index contributed by atoms with van der Waals surface area (Å²) in [6.07, 6.45) is 4.66. The highest BCUT2D eigenvalue weighted by Gasteiger charge is 2.18. The second kappa shape index (κ2) is 6.22. The van der Waals surface area contributed by atoms with E-state index in [4.69, 9.17) is 4.52 Å². The van der Waals surface area contributed by atoms with Gasteiger partial charge in [0.15, 0.2) is 0 Å². The highest BCUT2D eigenvalue weighted by molar-refractivity contribution is 5.95. The first-order chi connectivity index (χ1) is 10.6. The first kappa shape index (κ1) is 14.6. The average molecular weight is 299 g/mol.